The molecular formula is C18H26O4S. The Morgan fingerprint density at radius 1 is 1.39 bits per heavy atom. The van der Waals surface area contributed by atoms with Crippen molar-refractivity contribution in [1.29, 1.82) is 0 Å². The Kier molecular flexibility index (Phi) is 7.62. The second-order valence-corrected chi connectivity index (χ2v) is 6.78. The van der Waals surface area contributed by atoms with Gasteiger partial charge in [-0.05, 0) is 32.6 Å². The summed E-state index contributed by atoms with van der Waals surface area (Å²) in [6.45, 7) is 7.70. The van der Waals surface area contributed by atoms with Gasteiger partial charge in [-0.25, -0.2) is 4.79 Å². The fourth-order valence-electron chi connectivity index (χ4n) is 2.19. The van der Waals surface area contributed by atoms with Crippen LogP contribution in [0.25, 0.3) is 0 Å². The molecule has 0 spiro atoms. The SMILES string of the molecule is CC/C=C/C=C/C1(C)OC(CC(C)SC)=C(C(=O)OCC)C1=O. The third-order valence-electron chi connectivity index (χ3n) is 3.54. The Hall–Kier alpha value is -1.49. The zero-order valence-corrected chi connectivity index (χ0v) is 15.4. The smallest absolute Gasteiger partial charge is 0.345 e. The molecule has 0 aromatic heterocycles. The van der Waals surface area contributed by atoms with E-state index in [0.717, 1.165) is 6.42 Å². The second kappa shape index (κ2) is 8.96. The minimum absolute atomic E-state index is 0.0550. The van der Waals surface area contributed by atoms with Crippen molar-refractivity contribution in [2.75, 3.05) is 12.9 Å². The molecule has 0 amide bonds. The largest absolute Gasteiger partial charge is 0.479 e. The average Bonchev–Trinajstić information content (AvgIpc) is 2.75. The standard InChI is InChI=1S/C18H26O4S/c1-6-8-9-10-11-18(4)16(19)15(17(20)21-7-2)14(22-18)12-13(3)23-5/h8-11,13H,6-7,12H2,1-5H3/b9-8+,11-10+. The number of allylic oxidation sites excluding steroid dienone is 4. The molecule has 4 nitrogen and oxygen atoms in total. The van der Waals surface area contributed by atoms with Crippen molar-refractivity contribution in [3.05, 3.63) is 35.6 Å². The molecule has 0 saturated heterocycles. The van der Waals surface area contributed by atoms with Crippen molar-refractivity contribution in [2.45, 2.75) is 51.4 Å². The molecule has 0 bridgehead atoms. The number of carbonyl (C=O) groups excluding carboxylic acids is 2. The molecule has 1 aliphatic heterocycles. The third-order valence-corrected chi connectivity index (χ3v) is 4.52. The van der Waals surface area contributed by atoms with Gasteiger partial charge in [-0.2, -0.15) is 11.8 Å². The molecule has 0 radical (unpaired) electrons. The van der Waals surface area contributed by atoms with Crippen LogP contribution in [-0.4, -0.2) is 35.5 Å². The van der Waals surface area contributed by atoms with E-state index in [9.17, 15) is 9.59 Å². The van der Waals surface area contributed by atoms with Gasteiger partial charge in [0.05, 0.1) is 6.61 Å². The van der Waals surface area contributed by atoms with E-state index in [1.54, 1.807) is 37.8 Å². The molecule has 2 unspecified atom stereocenters. The van der Waals surface area contributed by atoms with E-state index in [-0.39, 0.29) is 23.2 Å². The van der Waals surface area contributed by atoms with Crippen LogP contribution in [0.15, 0.2) is 35.6 Å². The monoisotopic (exact) mass is 338 g/mol. The summed E-state index contributed by atoms with van der Waals surface area (Å²) in [6, 6.07) is 0. The van der Waals surface area contributed by atoms with E-state index >= 15 is 0 Å². The van der Waals surface area contributed by atoms with Crippen molar-refractivity contribution in [2.24, 2.45) is 0 Å². The number of Topliss-reactive ketones (excluding diaryl/α,β-unsaturated/α-hetero) is 1. The Labute approximate surface area is 143 Å². The Bertz CT molecular complexity index is 533. The molecule has 1 heterocycles. The van der Waals surface area contributed by atoms with Crippen molar-refractivity contribution in [3.63, 3.8) is 0 Å². The highest BCUT2D eigenvalue weighted by atomic mass is 32.2. The lowest BCUT2D eigenvalue weighted by Gasteiger charge is -2.20. The summed E-state index contributed by atoms with van der Waals surface area (Å²) >= 11 is 1.66. The van der Waals surface area contributed by atoms with Crippen LogP contribution in [0.5, 0.6) is 0 Å². The van der Waals surface area contributed by atoms with Crippen molar-refractivity contribution in [3.8, 4) is 0 Å². The normalized spacial score (nSPS) is 22.9. The van der Waals surface area contributed by atoms with Crippen LogP contribution in [0, 0.1) is 0 Å². The maximum Gasteiger partial charge on any atom is 0.345 e. The van der Waals surface area contributed by atoms with Crippen molar-refractivity contribution >= 4 is 23.5 Å². The highest BCUT2D eigenvalue weighted by Crippen LogP contribution is 2.36. The quantitative estimate of drug-likeness (QED) is 0.382. The van der Waals surface area contributed by atoms with Gasteiger partial charge in [-0.1, -0.05) is 32.1 Å². The molecule has 0 aliphatic carbocycles. The van der Waals surface area contributed by atoms with Crippen LogP contribution >= 0.6 is 11.8 Å². The molecule has 1 aliphatic rings. The van der Waals surface area contributed by atoms with Gasteiger partial charge in [-0.15, -0.1) is 0 Å². The minimum Gasteiger partial charge on any atom is -0.479 e. The van der Waals surface area contributed by atoms with Crippen molar-refractivity contribution < 1.29 is 19.1 Å². The molecule has 0 saturated carbocycles. The molecule has 0 aromatic carbocycles. The zero-order chi connectivity index (χ0) is 17.5. The van der Waals surface area contributed by atoms with Gasteiger partial charge in [-0.3, -0.25) is 4.79 Å². The summed E-state index contributed by atoms with van der Waals surface area (Å²) in [5, 5.41) is 0.244. The average molecular weight is 338 g/mol. The zero-order valence-electron chi connectivity index (χ0n) is 14.5. The van der Waals surface area contributed by atoms with Crippen molar-refractivity contribution in [1.82, 2.24) is 0 Å². The van der Waals surface area contributed by atoms with Gasteiger partial charge in [0.1, 0.15) is 11.3 Å². The fraction of sp³-hybridized carbons (Fsp3) is 0.556. The number of carbonyl (C=O) groups is 2. The molecule has 5 heteroatoms. The van der Waals surface area contributed by atoms with E-state index in [1.165, 1.54) is 0 Å². The first kappa shape index (κ1) is 19.6. The van der Waals surface area contributed by atoms with Gasteiger partial charge in [0.25, 0.3) is 0 Å². The topological polar surface area (TPSA) is 52.6 Å². The lowest BCUT2D eigenvalue weighted by atomic mass is 9.96. The number of ketones is 1. The lowest BCUT2D eigenvalue weighted by Crippen LogP contribution is -2.33. The first-order valence-electron chi connectivity index (χ1n) is 7.90. The number of rotatable bonds is 8. The fourth-order valence-corrected chi connectivity index (χ4v) is 2.51. The van der Waals surface area contributed by atoms with Crippen LogP contribution < -0.4 is 0 Å². The molecule has 0 aromatic rings. The molecular weight excluding hydrogens is 312 g/mol. The number of hydrogen-bond donors (Lipinski definition) is 0. The minimum atomic E-state index is -1.15. The summed E-state index contributed by atoms with van der Waals surface area (Å²) in [4.78, 5) is 24.9. The summed E-state index contributed by atoms with van der Waals surface area (Å²) < 4.78 is 10.9. The number of hydrogen-bond acceptors (Lipinski definition) is 5. The lowest BCUT2D eigenvalue weighted by molar-refractivity contribution is -0.140. The van der Waals surface area contributed by atoms with Gasteiger partial charge < -0.3 is 9.47 Å². The van der Waals surface area contributed by atoms with Crippen LogP contribution in [0.3, 0.4) is 0 Å². The summed E-state index contributed by atoms with van der Waals surface area (Å²) in [5.74, 6) is -0.496. The van der Waals surface area contributed by atoms with Gasteiger partial charge in [0, 0.05) is 11.7 Å². The molecule has 0 N–H and O–H groups in total. The van der Waals surface area contributed by atoms with Gasteiger partial charge in [0.2, 0.25) is 5.78 Å². The molecule has 1 rings (SSSR count). The second-order valence-electron chi connectivity index (χ2n) is 5.50. The van der Waals surface area contributed by atoms with Crippen LogP contribution in [-0.2, 0) is 19.1 Å². The van der Waals surface area contributed by atoms with Gasteiger partial charge in [0.15, 0.2) is 5.60 Å². The predicted molar refractivity (Wildman–Crippen MR) is 94.3 cm³/mol. The van der Waals surface area contributed by atoms with E-state index in [2.05, 4.69) is 0 Å². The number of thioether (sulfide) groups is 1. The first-order valence-corrected chi connectivity index (χ1v) is 9.19. The van der Waals surface area contributed by atoms with Crippen LogP contribution in [0.1, 0.15) is 40.5 Å². The molecule has 0 fully saturated rings. The van der Waals surface area contributed by atoms with E-state index in [4.69, 9.17) is 9.47 Å². The molecule has 2 atom stereocenters. The van der Waals surface area contributed by atoms with Crippen LogP contribution in [0.4, 0.5) is 0 Å². The number of esters is 1. The third kappa shape index (κ3) is 4.99. The predicted octanol–water partition coefficient (Wildman–Crippen LogP) is 3.83. The summed E-state index contributed by atoms with van der Waals surface area (Å²) in [7, 11) is 0. The number of ether oxygens (including phenoxy) is 2. The highest BCUT2D eigenvalue weighted by Gasteiger charge is 2.47. The molecule has 23 heavy (non-hydrogen) atoms. The van der Waals surface area contributed by atoms with E-state index in [0.29, 0.717) is 12.2 Å². The Balaban J connectivity index is 3.09. The first-order chi connectivity index (χ1) is 10.9. The highest BCUT2D eigenvalue weighted by molar-refractivity contribution is 7.99. The van der Waals surface area contributed by atoms with E-state index < -0.39 is 11.6 Å². The molecule has 128 valence electrons. The van der Waals surface area contributed by atoms with E-state index in [1.807, 2.05) is 32.3 Å². The summed E-state index contributed by atoms with van der Waals surface area (Å²) in [5.41, 5.74) is -1.09. The summed E-state index contributed by atoms with van der Waals surface area (Å²) in [6.07, 6.45) is 10.8. The maximum atomic E-state index is 12.7. The maximum absolute atomic E-state index is 12.7. The Morgan fingerprint density at radius 3 is 2.65 bits per heavy atom. The van der Waals surface area contributed by atoms with Crippen LogP contribution in [0.2, 0.25) is 0 Å². The Morgan fingerprint density at radius 2 is 2.09 bits per heavy atom. The van der Waals surface area contributed by atoms with Gasteiger partial charge >= 0.3 is 5.97 Å².